The molecular formula is C18H14N2O5. The number of amides is 4. The van der Waals surface area contributed by atoms with Gasteiger partial charge in [-0.25, -0.2) is 4.79 Å². The Kier molecular flexibility index (Phi) is 2.91. The second-order valence-electron chi connectivity index (χ2n) is 6.67. The SMILES string of the molecule is CN1C(=O)N(C)C(=O)C2(Cc3cc4c(cc3C2)C(=O)C=CC4=O)C1=O. The number of hydrogen-bond donors (Lipinski definition) is 0. The lowest BCUT2D eigenvalue weighted by Crippen LogP contribution is -2.63. The maximum Gasteiger partial charge on any atom is 0.332 e. The average molecular weight is 338 g/mol. The van der Waals surface area contributed by atoms with Crippen LogP contribution in [0.25, 0.3) is 0 Å². The van der Waals surface area contributed by atoms with E-state index in [1.54, 1.807) is 12.1 Å². The summed E-state index contributed by atoms with van der Waals surface area (Å²) >= 11 is 0. The van der Waals surface area contributed by atoms with Gasteiger partial charge in [-0.3, -0.25) is 29.0 Å². The number of barbiturate groups is 1. The fourth-order valence-electron chi connectivity index (χ4n) is 3.90. The summed E-state index contributed by atoms with van der Waals surface area (Å²) in [6.45, 7) is 0. The molecule has 1 fully saturated rings. The van der Waals surface area contributed by atoms with Crippen molar-refractivity contribution in [2.45, 2.75) is 12.8 Å². The summed E-state index contributed by atoms with van der Waals surface area (Å²) in [6, 6.07) is 2.53. The minimum Gasteiger partial charge on any atom is -0.289 e. The third-order valence-corrected chi connectivity index (χ3v) is 5.24. The van der Waals surface area contributed by atoms with Crippen molar-refractivity contribution in [3.8, 4) is 0 Å². The first-order valence-corrected chi connectivity index (χ1v) is 7.79. The van der Waals surface area contributed by atoms with Crippen LogP contribution in [0.3, 0.4) is 0 Å². The monoisotopic (exact) mass is 338 g/mol. The van der Waals surface area contributed by atoms with E-state index in [1.165, 1.54) is 26.2 Å². The average Bonchev–Trinajstić information content (AvgIpc) is 2.99. The maximum absolute atomic E-state index is 12.7. The van der Waals surface area contributed by atoms with Crippen LogP contribution in [0.15, 0.2) is 24.3 Å². The number of urea groups is 1. The Labute approximate surface area is 142 Å². The van der Waals surface area contributed by atoms with Gasteiger partial charge in [0.2, 0.25) is 11.8 Å². The molecule has 0 atom stereocenters. The number of allylic oxidation sites excluding steroid dienone is 2. The van der Waals surface area contributed by atoms with Crippen LogP contribution in [-0.4, -0.2) is 53.3 Å². The van der Waals surface area contributed by atoms with Gasteiger partial charge >= 0.3 is 6.03 Å². The molecule has 4 amide bonds. The van der Waals surface area contributed by atoms with E-state index < -0.39 is 23.3 Å². The highest BCUT2D eigenvalue weighted by molar-refractivity contribution is 6.23. The molecular weight excluding hydrogens is 324 g/mol. The maximum atomic E-state index is 12.7. The van der Waals surface area contributed by atoms with Crippen molar-refractivity contribution >= 4 is 29.4 Å². The second-order valence-corrected chi connectivity index (χ2v) is 6.67. The molecule has 2 aliphatic carbocycles. The summed E-state index contributed by atoms with van der Waals surface area (Å²) in [6.07, 6.45) is 2.67. The lowest BCUT2D eigenvalue weighted by Gasteiger charge is -2.39. The Morgan fingerprint density at radius 1 is 0.760 bits per heavy atom. The Morgan fingerprint density at radius 2 is 1.16 bits per heavy atom. The Bertz CT molecular complexity index is 870. The molecule has 1 heterocycles. The number of ketones is 2. The van der Waals surface area contributed by atoms with Gasteiger partial charge in [-0.1, -0.05) is 0 Å². The number of imide groups is 2. The lowest BCUT2D eigenvalue weighted by atomic mass is 9.80. The first-order chi connectivity index (χ1) is 11.8. The van der Waals surface area contributed by atoms with Gasteiger partial charge in [-0.05, 0) is 48.3 Å². The van der Waals surface area contributed by atoms with E-state index in [4.69, 9.17) is 0 Å². The number of carbonyl (C=O) groups excluding carboxylic acids is 5. The van der Waals surface area contributed by atoms with E-state index in [2.05, 4.69) is 0 Å². The quantitative estimate of drug-likeness (QED) is 0.651. The molecule has 4 rings (SSSR count). The normalized spacial score (nSPS) is 21.3. The highest BCUT2D eigenvalue weighted by Gasteiger charge is 2.58. The predicted molar refractivity (Wildman–Crippen MR) is 85.0 cm³/mol. The molecule has 25 heavy (non-hydrogen) atoms. The fraction of sp³-hybridized carbons (Fsp3) is 0.278. The largest absolute Gasteiger partial charge is 0.332 e. The summed E-state index contributed by atoms with van der Waals surface area (Å²) < 4.78 is 0. The number of hydrogen-bond acceptors (Lipinski definition) is 5. The van der Waals surface area contributed by atoms with Gasteiger partial charge in [0.05, 0.1) is 0 Å². The minimum atomic E-state index is -1.39. The van der Waals surface area contributed by atoms with Gasteiger partial charge in [0, 0.05) is 25.2 Å². The summed E-state index contributed by atoms with van der Waals surface area (Å²) in [5.74, 6) is -1.65. The smallest absolute Gasteiger partial charge is 0.289 e. The van der Waals surface area contributed by atoms with Gasteiger partial charge in [0.25, 0.3) is 0 Å². The van der Waals surface area contributed by atoms with Crippen molar-refractivity contribution in [3.63, 3.8) is 0 Å². The topological polar surface area (TPSA) is 91.8 Å². The first-order valence-electron chi connectivity index (χ1n) is 7.79. The third-order valence-electron chi connectivity index (χ3n) is 5.24. The Hall–Kier alpha value is -3.09. The Morgan fingerprint density at radius 3 is 1.56 bits per heavy atom. The second kappa shape index (κ2) is 4.72. The van der Waals surface area contributed by atoms with Crippen molar-refractivity contribution in [3.05, 3.63) is 46.5 Å². The van der Waals surface area contributed by atoms with Crippen molar-refractivity contribution in [1.82, 2.24) is 9.80 Å². The van der Waals surface area contributed by atoms with Gasteiger partial charge in [0.15, 0.2) is 11.6 Å². The number of benzene rings is 1. The zero-order valence-corrected chi connectivity index (χ0v) is 13.7. The standard InChI is InChI=1S/C18H14N2O5/c1-19-15(23)18(16(24)20(2)17(19)25)7-9-5-11-12(6-10(9)8-18)14(22)4-3-13(11)21/h3-6H,7-8H2,1-2H3. The van der Waals surface area contributed by atoms with Gasteiger partial charge in [0.1, 0.15) is 5.41 Å². The van der Waals surface area contributed by atoms with Gasteiger partial charge < -0.3 is 0 Å². The highest BCUT2D eigenvalue weighted by Crippen LogP contribution is 2.43. The van der Waals surface area contributed by atoms with E-state index in [9.17, 15) is 24.0 Å². The molecule has 7 nitrogen and oxygen atoms in total. The van der Waals surface area contributed by atoms with Crippen molar-refractivity contribution in [2.75, 3.05) is 14.1 Å². The predicted octanol–water partition coefficient (Wildman–Crippen LogP) is 0.757. The van der Waals surface area contributed by atoms with Crippen LogP contribution in [0.4, 0.5) is 4.79 Å². The molecule has 1 aliphatic heterocycles. The number of fused-ring (bicyclic) bond motifs is 2. The zero-order valence-electron chi connectivity index (χ0n) is 13.7. The van der Waals surface area contributed by atoms with Crippen LogP contribution in [0.1, 0.15) is 31.8 Å². The molecule has 1 saturated heterocycles. The molecule has 7 heteroatoms. The summed E-state index contributed by atoms with van der Waals surface area (Å²) in [5, 5.41) is 0. The van der Waals surface area contributed by atoms with Crippen LogP contribution in [-0.2, 0) is 22.4 Å². The van der Waals surface area contributed by atoms with Crippen LogP contribution in [0, 0.1) is 5.41 Å². The first kappa shape index (κ1) is 15.4. The summed E-state index contributed by atoms with van der Waals surface area (Å²) in [7, 11) is 2.70. The van der Waals surface area contributed by atoms with Gasteiger partial charge in [-0.2, -0.15) is 0 Å². The molecule has 1 aromatic rings. The molecule has 126 valence electrons. The van der Waals surface area contributed by atoms with Crippen LogP contribution < -0.4 is 0 Å². The van der Waals surface area contributed by atoms with E-state index in [-0.39, 0.29) is 35.5 Å². The third kappa shape index (κ3) is 1.83. The molecule has 0 saturated carbocycles. The van der Waals surface area contributed by atoms with Crippen LogP contribution in [0.5, 0.6) is 0 Å². The molecule has 0 N–H and O–H groups in total. The van der Waals surface area contributed by atoms with E-state index in [1.807, 2.05) is 0 Å². The van der Waals surface area contributed by atoms with E-state index in [0.29, 0.717) is 11.1 Å². The zero-order chi connectivity index (χ0) is 18.1. The van der Waals surface area contributed by atoms with Crippen LogP contribution in [0.2, 0.25) is 0 Å². The number of nitrogens with zero attached hydrogens (tertiary/aromatic N) is 2. The summed E-state index contributed by atoms with van der Waals surface area (Å²) in [5.41, 5.74) is 0.568. The number of rotatable bonds is 0. The Balaban J connectivity index is 1.83. The summed E-state index contributed by atoms with van der Waals surface area (Å²) in [4.78, 5) is 63.4. The lowest BCUT2D eigenvalue weighted by molar-refractivity contribution is -0.156. The molecule has 0 aromatic heterocycles. The highest BCUT2D eigenvalue weighted by atomic mass is 16.2. The molecule has 1 aromatic carbocycles. The van der Waals surface area contributed by atoms with Gasteiger partial charge in [-0.15, -0.1) is 0 Å². The molecule has 0 unspecified atom stereocenters. The van der Waals surface area contributed by atoms with E-state index in [0.717, 1.165) is 9.80 Å². The van der Waals surface area contributed by atoms with Crippen molar-refractivity contribution < 1.29 is 24.0 Å². The molecule has 0 bridgehead atoms. The van der Waals surface area contributed by atoms with Crippen molar-refractivity contribution in [2.24, 2.45) is 5.41 Å². The van der Waals surface area contributed by atoms with Crippen molar-refractivity contribution in [1.29, 1.82) is 0 Å². The van der Waals surface area contributed by atoms with E-state index >= 15 is 0 Å². The number of carbonyl (C=O) groups is 5. The molecule has 3 aliphatic rings. The molecule has 1 spiro atoms. The molecule has 0 radical (unpaired) electrons. The minimum absolute atomic E-state index is 0.112. The van der Waals surface area contributed by atoms with Crippen LogP contribution >= 0.6 is 0 Å². The fourth-order valence-corrected chi connectivity index (χ4v) is 3.90.